The number of hydrogen-bond donors (Lipinski definition) is 1. The van der Waals surface area contributed by atoms with Gasteiger partial charge in [0, 0.05) is 12.8 Å². The summed E-state index contributed by atoms with van der Waals surface area (Å²) in [7, 11) is 0. The molecule has 0 saturated carbocycles. The molecule has 0 aromatic heterocycles. The molecule has 0 rings (SSSR count). The number of hydrazone groups is 1. The van der Waals surface area contributed by atoms with Gasteiger partial charge in [0.05, 0.1) is 0 Å². The van der Waals surface area contributed by atoms with Crippen molar-refractivity contribution in [2.45, 2.75) is 13.8 Å². The van der Waals surface area contributed by atoms with Crippen molar-refractivity contribution in [2.75, 3.05) is 6.54 Å². The van der Waals surface area contributed by atoms with Gasteiger partial charge in [-0.25, -0.2) is 0 Å². The van der Waals surface area contributed by atoms with Crippen LogP contribution >= 0.6 is 0 Å². The summed E-state index contributed by atoms with van der Waals surface area (Å²) < 4.78 is 0. The molecule has 0 atom stereocenters. The van der Waals surface area contributed by atoms with E-state index in [2.05, 4.69) is 10.5 Å². The highest BCUT2D eigenvalue weighted by Gasteiger charge is 1.61. The Bertz CT molecular complexity index is 84.5. The fourth-order valence-electron chi connectivity index (χ4n) is 0.273. The molecule has 0 aromatic rings. The van der Waals surface area contributed by atoms with E-state index in [4.69, 9.17) is 0 Å². The van der Waals surface area contributed by atoms with Gasteiger partial charge in [-0.2, -0.15) is 5.10 Å². The summed E-state index contributed by atoms with van der Waals surface area (Å²) in [5.74, 6) is 0. The second-order valence-corrected chi connectivity index (χ2v) is 1.32. The van der Waals surface area contributed by atoms with E-state index in [1.54, 1.807) is 6.21 Å². The van der Waals surface area contributed by atoms with Crippen molar-refractivity contribution in [1.82, 2.24) is 5.43 Å². The Morgan fingerprint density at radius 2 is 2.38 bits per heavy atom. The summed E-state index contributed by atoms with van der Waals surface area (Å²) in [6.07, 6.45) is 5.53. The minimum absolute atomic E-state index is 0.883. The Balaban J connectivity index is 3.07. The molecule has 0 spiro atoms. The molecule has 0 aromatic carbocycles. The fourth-order valence-corrected chi connectivity index (χ4v) is 0.273. The van der Waals surface area contributed by atoms with Crippen LogP contribution in [-0.2, 0) is 0 Å². The summed E-state index contributed by atoms with van der Waals surface area (Å²) in [6.45, 7) is 4.85. The molecule has 0 fully saturated rings. The van der Waals surface area contributed by atoms with Gasteiger partial charge in [0.25, 0.3) is 0 Å². The van der Waals surface area contributed by atoms with Gasteiger partial charge in [0.2, 0.25) is 0 Å². The van der Waals surface area contributed by atoms with Gasteiger partial charge in [-0.1, -0.05) is 6.08 Å². The normalized spacial score (nSPS) is 11.2. The van der Waals surface area contributed by atoms with Crippen LogP contribution in [0.4, 0.5) is 0 Å². The van der Waals surface area contributed by atoms with Crippen LogP contribution in [0.2, 0.25) is 0 Å². The Hall–Kier alpha value is -0.790. The van der Waals surface area contributed by atoms with Gasteiger partial charge in [-0.15, -0.1) is 0 Å². The maximum absolute atomic E-state index is 3.82. The molecular weight excluding hydrogens is 100 g/mol. The van der Waals surface area contributed by atoms with Gasteiger partial charge < -0.3 is 5.43 Å². The molecule has 46 valence electrons. The van der Waals surface area contributed by atoms with Crippen molar-refractivity contribution in [1.29, 1.82) is 0 Å². The van der Waals surface area contributed by atoms with E-state index in [1.807, 2.05) is 26.0 Å². The lowest BCUT2D eigenvalue weighted by molar-refractivity contribution is 0.788. The third-order valence-corrected chi connectivity index (χ3v) is 0.602. The summed E-state index contributed by atoms with van der Waals surface area (Å²) >= 11 is 0. The molecule has 0 aliphatic carbocycles. The summed E-state index contributed by atoms with van der Waals surface area (Å²) in [6, 6.07) is 0. The zero-order valence-electron chi connectivity index (χ0n) is 5.39. The average molecular weight is 112 g/mol. The molecular formula is C6H12N2. The van der Waals surface area contributed by atoms with E-state index in [0.717, 1.165) is 6.54 Å². The molecule has 0 amide bonds. The highest BCUT2D eigenvalue weighted by atomic mass is 15.3. The Kier molecular flexibility index (Phi) is 5.60. The molecule has 0 saturated heterocycles. The van der Waals surface area contributed by atoms with E-state index in [-0.39, 0.29) is 0 Å². The van der Waals surface area contributed by atoms with Crippen molar-refractivity contribution in [3.05, 3.63) is 12.2 Å². The Morgan fingerprint density at radius 1 is 1.62 bits per heavy atom. The summed E-state index contributed by atoms with van der Waals surface area (Å²) in [5, 5.41) is 3.82. The molecule has 8 heavy (non-hydrogen) atoms. The maximum atomic E-state index is 3.82. The van der Waals surface area contributed by atoms with E-state index >= 15 is 0 Å². The molecule has 0 aliphatic heterocycles. The van der Waals surface area contributed by atoms with Gasteiger partial charge in [-0.3, -0.25) is 0 Å². The van der Waals surface area contributed by atoms with Gasteiger partial charge in [0.15, 0.2) is 0 Å². The largest absolute Gasteiger partial charge is 0.310 e. The fraction of sp³-hybridized carbons (Fsp3) is 0.500. The van der Waals surface area contributed by atoms with Crippen molar-refractivity contribution in [2.24, 2.45) is 5.10 Å². The van der Waals surface area contributed by atoms with Crippen LogP contribution in [0.1, 0.15) is 13.8 Å². The molecule has 0 radical (unpaired) electrons. The van der Waals surface area contributed by atoms with Crippen LogP contribution in [0.5, 0.6) is 0 Å². The predicted molar refractivity (Wildman–Crippen MR) is 37.0 cm³/mol. The van der Waals surface area contributed by atoms with Crippen LogP contribution in [0.25, 0.3) is 0 Å². The number of allylic oxidation sites excluding steroid dienone is 2. The van der Waals surface area contributed by atoms with Crippen LogP contribution in [0.15, 0.2) is 17.3 Å². The van der Waals surface area contributed by atoms with Crippen LogP contribution in [0.3, 0.4) is 0 Å². The average Bonchev–Trinajstić information content (AvgIpc) is 1.81. The Labute approximate surface area is 50.3 Å². The molecule has 0 bridgehead atoms. The monoisotopic (exact) mass is 112 g/mol. The first-order chi connectivity index (χ1) is 3.91. The van der Waals surface area contributed by atoms with Crippen LogP contribution < -0.4 is 5.43 Å². The van der Waals surface area contributed by atoms with Gasteiger partial charge in [0.1, 0.15) is 0 Å². The zero-order chi connectivity index (χ0) is 6.24. The zero-order valence-corrected chi connectivity index (χ0v) is 5.39. The first-order valence-electron chi connectivity index (χ1n) is 2.79. The molecule has 0 aliphatic rings. The van der Waals surface area contributed by atoms with E-state index in [0.29, 0.717) is 0 Å². The first-order valence-corrected chi connectivity index (χ1v) is 2.79. The minimum atomic E-state index is 0.883. The molecule has 0 heterocycles. The molecule has 0 unspecified atom stereocenters. The van der Waals surface area contributed by atoms with Crippen LogP contribution in [0, 0.1) is 0 Å². The molecule has 2 nitrogen and oxygen atoms in total. The van der Waals surface area contributed by atoms with E-state index in [1.165, 1.54) is 0 Å². The highest BCUT2D eigenvalue weighted by molar-refractivity contribution is 5.70. The Morgan fingerprint density at radius 3 is 2.88 bits per heavy atom. The topological polar surface area (TPSA) is 24.4 Å². The number of nitrogens with one attached hydrogen (secondary N) is 1. The second kappa shape index (κ2) is 6.21. The lowest BCUT2D eigenvalue weighted by Gasteiger charge is -1.86. The lowest BCUT2D eigenvalue weighted by Crippen LogP contribution is -2.01. The summed E-state index contributed by atoms with van der Waals surface area (Å²) in [5.41, 5.74) is 2.80. The predicted octanol–water partition coefficient (Wildman–Crippen LogP) is 1.16. The number of rotatable bonds is 3. The minimum Gasteiger partial charge on any atom is -0.310 e. The van der Waals surface area contributed by atoms with Crippen molar-refractivity contribution >= 4 is 6.21 Å². The maximum Gasteiger partial charge on any atom is 0.0464 e. The first kappa shape index (κ1) is 7.21. The van der Waals surface area contributed by atoms with Gasteiger partial charge in [-0.05, 0) is 19.9 Å². The smallest absolute Gasteiger partial charge is 0.0464 e. The van der Waals surface area contributed by atoms with Crippen molar-refractivity contribution in [3.63, 3.8) is 0 Å². The third-order valence-electron chi connectivity index (χ3n) is 0.602. The number of hydrogen-bond acceptors (Lipinski definition) is 2. The van der Waals surface area contributed by atoms with E-state index in [9.17, 15) is 0 Å². The summed E-state index contributed by atoms with van der Waals surface area (Å²) in [4.78, 5) is 0. The van der Waals surface area contributed by atoms with Crippen LogP contribution in [-0.4, -0.2) is 12.8 Å². The quantitative estimate of drug-likeness (QED) is 0.430. The lowest BCUT2D eigenvalue weighted by atomic mass is 10.6. The highest BCUT2D eigenvalue weighted by Crippen LogP contribution is 1.62. The van der Waals surface area contributed by atoms with Crippen molar-refractivity contribution < 1.29 is 0 Å². The number of nitrogens with zero attached hydrogens (tertiary/aromatic N) is 1. The van der Waals surface area contributed by atoms with Gasteiger partial charge >= 0.3 is 0 Å². The third kappa shape index (κ3) is 5.21. The standard InChI is InChI=1S/C6H12N2/c1-3-5-6-8-7-4-2/h3,5-7H,4H2,1-2H3. The second-order valence-electron chi connectivity index (χ2n) is 1.32. The van der Waals surface area contributed by atoms with Crippen molar-refractivity contribution in [3.8, 4) is 0 Å². The molecule has 2 heteroatoms. The molecule has 1 N–H and O–H groups in total. The SMILES string of the molecule is CC=CC=NNCC. The van der Waals surface area contributed by atoms with E-state index < -0.39 is 0 Å².